The predicted molar refractivity (Wildman–Crippen MR) is 65.1 cm³/mol. The van der Waals surface area contributed by atoms with Crippen molar-refractivity contribution in [3.8, 4) is 0 Å². The van der Waals surface area contributed by atoms with Crippen LogP contribution in [0.4, 0.5) is 23.2 Å². The fourth-order valence-electron chi connectivity index (χ4n) is 1.59. The average Bonchev–Trinajstić information content (AvgIpc) is 2.40. The minimum atomic E-state index is -2.49. The molecule has 2 rings (SSSR count). The molecule has 0 bridgehead atoms. The summed E-state index contributed by atoms with van der Waals surface area (Å²) in [5.41, 5.74) is 1.16. The van der Waals surface area contributed by atoms with Crippen molar-refractivity contribution in [2.45, 2.75) is 13.0 Å². The molecular formula is C14H11F4N. The Morgan fingerprint density at radius 2 is 1.58 bits per heavy atom. The Hall–Kier alpha value is -2.04. The first-order valence-electron chi connectivity index (χ1n) is 5.62. The van der Waals surface area contributed by atoms with Gasteiger partial charge in [0, 0.05) is 23.9 Å². The van der Waals surface area contributed by atoms with E-state index in [4.69, 9.17) is 0 Å². The summed E-state index contributed by atoms with van der Waals surface area (Å²) in [4.78, 5) is 0. The molecule has 1 N–H and O–H groups in total. The Morgan fingerprint density at radius 1 is 0.895 bits per heavy atom. The van der Waals surface area contributed by atoms with Crippen LogP contribution < -0.4 is 5.32 Å². The van der Waals surface area contributed by atoms with Crippen LogP contribution in [0, 0.1) is 11.6 Å². The maximum Gasteiger partial charge on any atom is 0.263 e. The molecule has 0 aromatic heterocycles. The van der Waals surface area contributed by atoms with E-state index in [1.165, 1.54) is 18.2 Å². The molecule has 0 saturated heterocycles. The van der Waals surface area contributed by atoms with Crippen molar-refractivity contribution in [2.24, 2.45) is 0 Å². The smallest absolute Gasteiger partial charge is 0.263 e. The molecular weight excluding hydrogens is 258 g/mol. The topological polar surface area (TPSA) is 12.0 Å². The second kappa shape index (κ2) is 5.73. The Balaban J connectivity index is 2.00. The van der Waals surface area contributed by atoms with E-state index in [1.54, 1.807) is 12.1 Å². The highest BCUT2D eigenvalue weighted by Crippen LogP contribution is 2.19. The molecule has 2 aromatic rings. The van der Waals surface area contributed by atoms with Crippen molar-refractivity contribution < 1.29 is 17.6 Å². The monoisotopic (exact) mass is 269 g/mol. The average molecular weight is 269 g/mol. The van der Waals surface area contributed by atoms with Gasteiger partial charge < -0.3 is 5.32 Å². The summed E-state index contributed by atoms with van der Waals surface area (Å²) in [7, 11) is 0. The zero-order valence-corrected chi connectivity index (χ0v) is 9.84. The van der Waals surface area contributed by atoms with Gasteiger partial charge in [0.1, 0.15) is 0 Å². The van der Waals surface area contributed by atoms with Crippen molar-refractivity contribution in [3.63, 3.8) is 0 Å². The number of hydrogen-bond acceptors (Lipinski definition) is 1. The van der Waals surface area contributed by atoms with Crippen LogP contribution in [-0.2, 0) is 6.54 Å². The molecule has 5 heteroatoms. The molecule has 0 heterocycles. The van der Waals surface area contributed by atoms with Crippen LogP contribution in [0.5, 0.6) is 0 Å². The van der Waals surface area contributed by atoms with Gasteiger partial charge in [-0.3, -0.25) is 0 Å². The van der Waals surface area contributed by atoms with Gasteiger partial charge in [-0.15, -0.1) is 0 Å². The zero-order valence-electron chi connectivity index (χ0n) is 9.84. The zero-order chi connectivity index (χ0) is 13.8. The number of anilines is 1. The number of nitrogens with one attached hydrogen (secondary N) is 1. The van der Waals surface area contributed by atoms with Crippen molar-refractivity contribution in [1.29, 1.82) is 0 Å². The van der Waals surface area contributed by atoms with Crippen molar-refractivity contribution in [1.82, 2.24) is 0 Å². The van der Waals surface area contributed by atoms with Crippen LogP contribution in [0.25, 0.3) is 0 Å². The van der Waals surface area contributed by atoms with Gasteiger partial charge in [-0.05, 0) is 17.7 Å². The minimum Gasteiger partial charge on any atom is -0.381 e. The minimum absolute atomic E-state index is 0.0448. The molecule has 0 fully saturated rings. The fourth-order valence-corrected chi connectivity index (χ4v) is 1.59. The Bertz CT molecular complexity index is 552. The standard InChI is InChI=1S/C14H11F4N/c15-12-6-5-11(7-13(12)16)19-8-9-1-3-10(4-2-9)14(17)18/h1-7,14,19H,8H2. The quantitative estimate of drug-likeness (QED) is 0.805. The number of alkyl halides is 2. The summed E-state index contributed by atoms with van der Waals surface area (Å²) in [5.74, 6) is -1.84. The van der Waals surface area contributed by atoms with E-state index < -0.39 is 18.1 Å². The SMILES string of the molecule is Fc1ccc(NCc2ccc(C(F)F)cc2)cc1F. The normalized spacial score (nSPS) is 10.8. The Morgan fingerprint density at radius 3 is 2.16 bits per heavy atom. The number of benzene rings is 2. The predicted octanol–water partition coefficient (Wildman–Crippen LogP) is 4.51. The molecule has 0 aliphatic carbocycles. The maximum absolute atomic E-state index is 12.9. The lowest BCUT2D eigenvalue weighted by molar-refractivity contribution is 0.151. The number of rotatable bonds is 4. The molecule has 0 unspecified atom stereocenters. The van der Waals surface area contributed by atoms with Crippen LogP contribution in [0.15, 0.2) is 42.5 Å². The van der Waals surface area contributed by atoms with Gasteiger partial charge in [0.25, 0.3) is 6.43 Å². The molecule has 0 saturated carbocycles. The van der Waals surface area contributed by atoms with Crippen molar-refractivity contribution in [3.05, 3.63) is 65.2 Å². The van der Waals surface area contributed by atoms with E-state index >= 15 is 0 Å². The van der Waals surface area contributed by atoms with Gasteiger partial charge in [-0.2, -0.15) is 0 Å². The van der Waals surface area contributed by atoms with E-state index in [0.29, 0.717) is 12.2 Å². The van der Waals surface area contributed by atoms with Gasteiger partial charge in [-0.1, -0.05) is 24.3 Å². The van der Waals surface area contributed by atoms with E-state index in [1.807, 2.05) is 0 Å². The summed E-state index contributed by atoms with van der Waals surface area (Å²) in [6, 6.07) is 9.29. The third-order valence-corrected chi connectivity index (χ3v) is 2.65. The largest absolute Gasteiger partial charge is 0.381 e. The van der Waals surface area contributed by atoms with E-state index in [0.717, 1.165) is 17.7 Å². The molecule has 0 radical (unpaired) electrons. The van der Waals surface area contributed by atoms with Gasteiger partial charge in [0.15, 0.2) is 11.6 Å². The molecule has 2 aromatic carbocycles. The Labute approximate surface area is 107 Å². The number of halogens is 4. The molecule has 1 nitrogen and oxygen atoms in total. The first-order valence-corrected chi connectivity index (χ1v) is 5.62. The summed E-state index contributed by atoms with van der Waals surface area (Å²) in [6.45, 7) is 0.342. The second-order valence-electron chi connectivity index (χ2n) is 4.02. The summed E-state index contributed by atoms with van der Waals surface area (Å²) in [5, 5.41) is 2.88. The molecule has 0 spiro atoms. The van der Waals surface area contributed by atoms with E-state index in [-0.39, 0.29) is 5.56 Å². The van der Waals surface area contributed by atoms with Gasteiger partial charge in [0.05, 0.1) is 0 Å². The van der Waals surface area contributed by atoms with Crippen LogP contribution in [0.3, 0.4) is 0 Å². The van der Waals surface area contributed by atoms with Crippen LogP contribution >= 0.6 is 0 Å². The molecule has 19 heavy (non-hydrogen) atoms. The van der Waals surface area contributed by atoms with Gasteiger partial charge in [-0.25, -0.2) is 17.6 Å². The van der Waals surface area contributed by atoms with Crippen molar-refractivity contribution in [2.75, 3.05) is 5.32 Å². The molecule has 0 atom stereocenters. The third-order valence-electron chi connectivity index (χ3n) is 2.65. The van der Waals surface area contributed by atoms with Gasteiger partial charge >= 0.3 is 0 Å². The van der Waals surface area contributed by atoms with E-state index in [9.17, 15) is 17.6 Å². The molecule has 0 aliphatic rings. The third kappa shape index (κ3) is 3.47. The van der Waals surface area contributed by atoms with Crippen LogP contribution in [0.1, 0.15) is 17.6 Å². The van der Waals surface area contributed by atoms with Crippen LogP contribution in [0.2, 0.25) is 0 Å². The maximum atomic E-state index is 12.9. The lowest BCUT2D eigenvalue weighted by Gasteiger charge is -2.07. The lowest BCUT2D eigenvalue weighted by atomic mass is 10.1. The Kier molecular flexibility index (Phi) is 4.04. The highest BCUT2D eigenvalue weighted by atomic mass is 19.3. The van der Waals surface area contributed by atoms with Gasteiger partial charge in [0.2, 0.25) is 0 Å². The lowest BCUT2D eigenvalue weighted by Crippen LogP contribution is -2.00. The van der Waals surface area contributed by atoms with E-state index in [2.05, 4.69) is 5.32 Å². The first kappa shape index (κ1) is 13.4. The van der Waals surface area contributed by atoms with Crippen molar-refractivity contribution >= 4 is 5.69 Å². The summed E-state index contributed by atoms with van der Waals surface area (Å²) in [6.07, 6.45) is -2.49. The molecule has 0 amide bonds. The molecule has 0 aliphatic heterocycles. The fraction of sp³-hybridized carbons (Fsp3) is 0.143. The summed E-state index contributed by atoms with van der Waals surface area (Å²) < 4.78 is 50.3. The second-order valence-corrected chi connectivity index (χ2v) is 4.02. The van der Waals surface area contributed by atoms with Crippen LogP contribution in [-0.4, -0.2) is 0 Å². The highest BCUT2D eigenvalue weighted by Gasteiger charge is 2.06. The first-order chi connectivity index (χ1) is 9.06. The summed E-state index contributed by atoms with van der Waals surface area (Å²) >= 11 is 0. The molecule has 100 valence electrons. The number of hydrogen-bond donors (Lipinski definition) is 1. The highest BCUT2D eigenvalue weighted by molar-refractivity contribution is 5.44.